The standard InChI is InChI=1S/C12H23NS/c1-9-6-7-10(8-9)13-11-4-3-5-12(11)14-2/h9-13H,3-8H2,1-2H3. The van der Waals surface area contributed by atoms with E-state index in [-0.39, 0.29) is 0 Å². The summed E-state index contributed by atoms with van der Waals surface area (Å²) in [7, 11) is 0. The van der Waals surface area contributed by atoms with E-state index < -0.39 is 0 Å². The van der Waals surface area contributed by atoms with Gasteiger partial charge in [-0.1, -0.05) is 13.3 Å². The van der Waals surface area contributed by atoms with E-state index in [9.17, 15) is 0 Å². The van der Waals surface area contributed by atoms with Gasteiger partial charge in [0.25, 0.3) is 0 Å². The highest BCUT2D eigenvalue weighted by Crippen LogP contribution is 2.31. The molecule has 2 rings (SSSR count). The number of thioether (sulfide) groups is 1. The lowest BCUT2D eigenvalue weighted by Gasteiger charge is -2.23. The molecule has 0 heterocycles. The maximum absolute atomic E-state index is 3.89. The monoisotopic (exact) mass is 213 g/mol. The number of rotatable bonds is 3. The van der Waals surface area contributed by atoms with Crippen LogP contribution in [0.4, 0.5) is 0 Å². The third-order valence-electron chi connectivity index (χ3n) is 3.90. The van der Waals surface area contributed by atoms with Crippen molar-refractivity contribution in [2.45, 2.75) is 62.8 Å². The first kappa shape index (κ1) is 10.8. The fourth-order valence-corrected chi connectivity index (χ4v) is 4.01. The van der Waals surface area contributed by atoms with Crippen LogP contribution in [-0.2, 0) is 0 Å². The molecular weight excluding hydrogens is 190 g/mol. The molecule has 1 nitrogen and oxygen atoms in total. The van der Waals surface area contributed by atoms with E-state index in [1.807, 2.05) is 0 Å². The lowest BCUT2D eigenvalue weighted by molar-refractivity contribution is 0.430. The van der Waals surface area contributed by atoms with E-state index in [2.05, 4.69) is 30.3 Å². The second-order valence-electron chi connectivity index (χ2n) is 5.09. The molecule has 0 aromatic carbocycles. The summed E-state index contributed by atoms with van der Waals surface area (Å²) in [4.78, 5) is 0. The predicted octanol–water partition coefficient (Wildman–Crippen LogP) is 3.05. The van der Waals surface area contributed by atoms with Gasteiger partial charge >= 0.3 is 0 Å². The molecule has 0 aromatic rings. The van der Waals surface area contributed by atoms with E-state index >= 15 is 0 Å². The van der Waals surface area contributed by atoms with Crippen LogP contribution in [0, 0.1) is 5.92 Å². The molecule has 14 heavy (non-hydrogen) atoms. The van der Waals surface area contributed by atoms with Crippen LogP contribution < -0.4 is 5.32 Å². The first-order valence-corrected chi connectivity index (χ1v) is 7.37. The summed E-state index contributed by atoms with van der Waals surface area (Å²) >= 11 is 2.06. The third kappa shape index (κ3) is 2.46. The summed E-state index contributed by atoms with van der Waals surface area (Å²) in [5, 5.41) is 4.78. The Morgan fingerprint density at radius 3 is 2.64 bits per heavy atom. The zero-order valence-corrected chi connectivity index (χ0v) is 10.3. The van der Waals surface area contributed by atoms with Gasteiger partial charge in [0.15, 0.2) is 0 Å². The molecule has 0 aromatic heterocycles. The van der Waals surface area contributed by atoms with Gasteiger partial charge in [0.2, 0.25) is 0 Å². The van der Waals surface area contributed by atoms with Gasteiger partial charge < -0.3 is 5.32 Å². The molecule has 0 saturated heterocycles. The summed E-state index contributed by atoms with van der Waals surface area (Å²) in [5.41, 5.74) is 0. The quantitative estimate of drug-likeness (QED) is 0.773. The molecule has 2 saturated carbocycles. The molecule has 0 spiro atoms. The first-order valence-electron chi connectivity index (χ1n) is 6.08. The number of hydrogen-bond acceptors (Lipinski definition) is 2. The molecule has 0 aliphatic heterocycles. The molecule has 0 radical (unpaired) electrons. The van der Waals surface area contributed by atoms with Crippen LogP contribution in [0.25, 0.3) is 0 Å². The average Bonchev–Trinajstić information content (AvgIpc) is 2.76. The average molecular weight is 213 g/mol. The molecule has 4 atom stereocenters. The zero-order chi connectivity index (χ0) is 9.97. The van der Waals surface area contributed by atoms with E-state index in [4.69, 9.17) is 0 Å². The summed E-state index contributed by atoms with van der Waals surface area (Å²) in [6.45, 7) is 2.39. The van der Waals surface area contributed by atoms with Gasteiger partial charge in [0, 0.05) is 17.3 Å². The van der Waals surface area contributed by atoms with Gasteiger partial charge in [0.1, 0.15) is 0 Å². The molecule has 82 valence electrons. The molecule has 0 bridgehead atoms. The lowest BCUT2D eigenvalue weighted by atomic mass is 10.1. The van der Waals surface area contributed by atoms with Crippen molar-refractivity contribution in [3.05, 3.63) is 0 Å². The van der Waals surface area contributed by atoms with Crippen molar-refractivity contribution in [1.82, 2.24) is 5.32 Å². The van der Waals surface area contributed by atoms with E-state index in [1.54, 1.807) is 0 Å². The fraction of sp³-hybridized carbons (Fsp3) is 1.00. The fourth-order valence-electron chi connectivity index (χ4n) is 3.06. The predicted molar refractivity (Wildman–Crippen MR) is 64.9 cm³/mol. The van der Waals surface area contributed by atoms with Gasteiger partial charge in [-0.25, -0.2) is 0 Å². The third-order valence-corrected chi connectivity index (χ3v) is 5.07. The van der Waals surface area contributed by atoms with Crippen molar-refractivity contribution >= 4 is 11.8 Å². The summed E-state index contributed by atoms with van der Waals surface area (Å²) in [6, 6.07) is 1.66. The Hall–Kier alpha value is 0.310. The normalized spacial score (nSPS) is 43.3. The summed E-state index contributed by atoms with van der Waals surface area (Å²) in [5.74, 6) is 0.960. The van der Waals surface area contributed by atoms with Crippen LogP contribution in [0.1, 0.15) is 45.4 Å². The summed E-state index contributed by atoms with van der Waals surface area (Å²) < 4.78 is 0. The van der Waals surface area contributed by atoms with Crippen LogP contribution in [0.2, 0.25) is 0 Å². The minimum absolute atomic E-state index is 0.820. The van der Waals surface area contributed by atoms with Crippen molar-refractivity contribution in [3.63, 3.8) is 0 Å². The highest BCUT2D eigenvalue weighted by Gasteiger charge is 2.30. The largest absolute Gasteiger partial charge is 0.310 e. The Bertz CT molecular complexity index is 183. The van der Waals surface area contributed by atoms with Crippen molar-refractivity contribution in [3.8, 4) is 0 Å². The molecular formula is C12H23NS. The smallest absolute Gasteiger partial charge is 0.0198 e. The Labute approximate surface area is 92.4 Å². The van der Waals surface area contributed by atoms with Gasteiger partial charge in [-0.05, 0) is 44.3 Å². The van der Waals surface area contributed by atoms with Crippen LogP contribution >= 0.6 is 11.8 Å². The molecule has 2 aliphatic carbocycles. The first-order chi connectivity index (χ1) is 6.79. The highest BCUT2D eigenvalue weighted by molar-refractivity contribution is 7.99. The molecule has 2 fully saturated rings. The second-order valence-corrected chi connectivity index (χ2v) is 6.17. The Morgan fingerprint density at radius 1 is 1.14 bits per heavy atom. The van der Waals surface area contributed by atoms with Crippen molar-refractivity contribution in [2.75, 3.05) is 6.26 Å². The van der Waals surface area contributed by atoms with Gasteiger partial charge in [-0.3, -0.25) is 0 Å². The topological polar surface area (TPSA) is 12.0 Å². The Morgan fingerprint density at radius 2 is 2.00 bits per heavy atom. The maximum Gasteiger partial charge on any atom is 0.0198 e. The second kappa shape index (κ2) is 4.89. The van der Waals surface area contributed by atoms with Crippen LogP contribution in [-0.4, -0.2) is 23.6 Å². The van der Waals surface area contributed by atoms with E-state index in [1.165, 1.54) is 38.5 Å². The van der Waals surface area contributed by atoms with Crippen LogP contribution in [0.3, 0.4) is 0 Å². The Kier molecular flexibility index (Phi) is 3.78. The molecule has 0 amide bonds. The Balaban J connectivity index is 1.79. The maximum atomic E-state index is 3.89. The molecule has 4 unspecified atom stereocenters. The molecule has 1 N–H and O–H groups in total. The van der Waals surface area contributed by atoms with Crippen molar-refractivity contribution in [2.24, 2.45) is 5.92 Å². The van der Waals surface area contributed by atoms with Crippen molar-refractivity contribution in [1.29, 1.82) is 0 Å². The van der Waals surface area contributed by atoms with E-state index in [0.717, 1.165) is 23.3 Å². The van der Waals surface area contributed by atoms with Crippen LogP contribution in [0.5, 0.6) is 0 Å². The summed E-state index contributed by atoms with van der Waals surface area (Å²) in [6.07, 6.45) is 10.8. The van der Waals surface area contributed by atoms with Crippen LogP contribution in [0.15, 0.2) is 0 Å². The van der Waals surface area contributed by atoms with Crippen molar-refractivity contribution < 1.29 is 0 Å². The SMILES string of the molecule is CSC1CCCC1NC1CCC(C)C1. The zero-order valence-electron chi connectivity index (χ0n) is 9.46. The van der Waals surface area contributed by atoms with E-state index in [0.29, 0.717) is 0 Å². The van der Waals surface area contributed by atoms with Gasteiger partial charge in [-0.2, -0.15) is 11.8 Å². The number of hydrogen-bond donors (Lipinski definition) is 1. The lowest BCUT2D eigenvalue weighted by Crippen LogP contribution is -2.40. The highest BCUT2D eigenvalue weighted by atomic mass is 32.2. The number of nitrogens with one attached hydrogen (secondary N) is 1. The van der Waals surface area contributed by atoms with Gasteiger partial charge in [-0.15, -0.1) is 0 Å². The van der Waals surface area contributed by atoms with Gasteiger partial charge in [0.05, 0.1) is 0 Å². The minimum Gasteiger partial charge on any atom is -0.310 e. The molecule has 2 heteroatoms. The molecule has 2 aliphatic rings. The minimum atomic E-state index is 0.820.